The minimum atomic E-state index is -0.138. The van der Waals surface area contributed by atoms with E-state index >= 15 is 0 Å². The first-order chi connectivity index (χ1) is 17.6. The summed E-state index contributed by atoms with van der Waals surface area (Å²) in [6.45, 7) is 1.94. The van der Waals surface area contributed by atoms with Gasteiger partial charge in [-0.1, -0.05) is 12.1 Å². The number of fused-ring (bicyclic) bond motifs is 1. The molecule has 1 saturated heterocycles. The summed E-state index contributed by atoms with van der Waals surface area (Å²) in [6.07, 6.45) is 2.83. The predicted octanol–water partition coefficient (Wildman–Crippen LogP) is 3.66. The third-order valence-corrected chi connectivity index (χ3v) is 6.93. The molecule has 0 unspecified atom stereocenters. The van der Waals surface area contributed by atoms with E-state index in [0.29, 0.717) is 44.8 Å². The number of benzene rings is 2. The minimum absolute atomic E-state index is 0.0235. The van der Waals surface area contributed by atoms with Crippen molar-refractivity contribution in [2.45, 2.75) is 32.1 Å². The van der Waals surface area contributed by atoms with Gasteiger partial charge in [0, 0.05) is 24.7 Å². The topological polar surface area (TPSA) is 94.9 Å². The molecule has 1 aromatic heterocycles. The molecule has 0 aliphatic carbocycles. The normalized spacial score (nSPS) is 17.8. The molecular weight excluding hydrogens is 460 g/mol. The Bertz CT molecular complexity index is 1210. The summed E-state index contributed by atoms with van der Waals surface area (Å²) in [5.41, 5.74) is 3.02. The summed E-state index contributed by atoms with van der Waals surface area (Å²) in [5.74, 6) is 1.27. The lowest BCUT2D eigenvalue weighted by molar-refractivity contribution is -0.121. The smallest absolute Gasteiger partial charge is 0.274 e. The van der Waals surface area contributed by atoms with E-state index in [1.165, 1.54) is 0 Å². The molecular formula is C27H30N4O5. The van der Waals surface area contributed by atoms with Gasteiger partial charge in [-0.15, -0.1) is 0 Å². The van der Waals surface area contributed by atoms with Crippen LogP contribution in [0.5, 0.6) is 11.5 Å². The number of carbonyl (C=O) groups excluding carboxylic acids is 2. The average Bonchev–Trinajstić information content (AvgIpc) is 3.36. The molecule has 3 aromatic rings. The molecule has 5 rings (SSSR count). The summed E-state index contributed by atoms with van der Waals surface area (Å²) < 4.78 is 18.5. The lowest BCUT2D eigenvalue weighted by Gasteiger charge is -2.31. The number of nitrogens with zero attached hydrogens (tertiary/aromatic N) is 3. The van der Waals surface area contributed by atoms with Gasteiger partial charge in [-0.05, 0) is 54.8 Å². The van der Waals surface area contributed by atoms with Gasteiger partial charge in [-0.3, -0.25) is 9.59 Å². The molecule has 0 saturated carbocycles. The molecule has 0 spiro atoms. The van der Waals surface area contributed by atoms with Crippen LogP contribution in [0.4, 0.5) is 5.69 Å². The maximum Gasteiger partial charge on any atom is 0.274 e. The second-order valence-corrected chi connectivity index (χ2v) is 9.05. The van der Waals surface area contributed by atoms with Crippen LogP contribution in [0.25, 0.3) is 0 Å². The van der Waals surface area contributed by atoms with E-state index in [-0.39, 0.29) is 23.8 Å². The van der Waals surface area contributed by atoms with Gasteiger partial charge in [0.05, 0.1) is 39.4 Å². The van der Waals surface area contributed by atoms with Gasteiger partial charge in [0.2, 0.25) is 5.91 Å². The standard InChI is InChI=1S/C27H30N4O5/c1-34-21-7-3-18(4-8-21)24-15-31-17-28-25(23(31)16-36-24)27(33)30-13-11-19(12-14-30)26(32)29-20-5-9-22(35-2)10-6-20/h3-10,17,19,24H,11-16H2,1-2H3,(H,29,32)/t24-/m1/s1. The van der Waals surface area contributed by atoms with Crippen LogP contribution < -0.4 is 14.8 Å². The lowest BCUT2D eigenvalue weighted by Crippen LogP contribution is -2.42. The Labute approximate surface area is 210 Å². The van der Waals surface area contributed by atoms with Gasteiger partial charge in [0.15, 0.2) is 5.69 Å². The number of carbonyl (C=O) groups is 2. The largest absolute Gasteiger partial charge is 0.497 e. The van der Waals surface area contributed by atoms with Crippen molar-refractivity contribution in [3.8, 4) is 11.5 Å². The molecule has 2 aliphatic rings. The van der Waals surface area contributed by atoms with Crippen molar-refractivity contribution >= 4 is 17.5 Å². The maximum atomic E-state index is 13.3. The number of amides is 2. The highest BCUT2D eigenvalue weighted by Gasteiger charge is 2.32. The molecule has 0 bridgehead atoms. The van der Waals surface area contributed by atoms with Gasteiger partial charge >= 0.3 is 0 Å². The number of anilines is 1. The fourth-order valence-electron chi connectivity index (χ4n) is 4.74. The quantitative estimate of drug-likeness (QED) is 0.567. The Morgan fingerprint density at radius 3 is 2.25 bits per heavy atom. The molecule has 1 fully saturated rings. The average molecular weight is 491 g/mol. The van der Waals surface area contributed by atoms with E-state index in [9.17, 15) is 9.59 Å². The van der Waals surface area contributed by atoms with Crippen LogP contribution in [0.3, 0.4) is 0 Å². The summed E-state index contributed by atoms with van der Waals surface area (Å²) in [5, 5.41) is 2.96. The van der Waals surface area contributed by atoms with Crippen molar-refractivity contribution in [3.63, 3.8) is 0 Å². The van der Waals surface area contributed by atoms with Crippen LogP contribution in [0, 0.1) is 5.92 Å². The molecule has 36 heavy (non-hydrogen) atoms. The maximum absolute atomic E-state index is 13.3. The summed E-state index contributed by atoms with van der Waals surface area (Å²) in [6, 6.07) is 15.1. The van der Waals surface area contributed by atoms with Gasteiger partial charge < -0.3 is 29.0 Å². The zero-order valence-corrected chi connectivity index (χ0v) is 20.5. The monoisotopic (exact) mass is 490 g/mol. The van der Waals surface area contributed by atoms with Crippen molar-refractivity contribution in [2.75, 3.05) is 32.6 Å². The molecule has 1 N–H and O–H groups in total. The first kappa shape index (κ1) is 23.9. The van der Waals surface area contributed by atoms with Crippen molar-refractivity contribution < 1.29 is 23.8 Å². The molecule has 2 aromatic carbocycles. The number of hydrogen-bond acceptors (Lipinski definition) is 6. The van der Waals surface area contributed by atoms with E-state index < -0.39 is 0 Å². The molecule has 9 nitrogen and oxygen atoms in total. The van der Waals surface area contributed by atoms with E-state index in [0.717, 1.165) is 28.4 Å². The number of nitrogens with one attached hydrogen (secondary N) is 1. The second-order valence-electron chi connectivity index (χ2n) is 9.05. The summed E-state index contributed by atoms with van der Waals surface area (Å²) in [4.78, 5) is 32.2. The summed E-state index contributed by atoms with van der Waals surface area (Å²) >= 11 is 0. The van der Waals surface area contributed by atoms with E-state index in [2.05, 4.69) is 10.3 Å². The van der Waals surface area contributed by atoms with Crippen LogP contribution in [0.15, 0.2) is 54.9 Å². The molecule has 2 amide bonds. The number of aromatic nitrogens is 2. The first-order valence-electron chi connectivity index (χ1n) is 12.1. The fraction of sp³-hybridized carbons (Fsp3) is 0.370. The number of likely N-dealkylation sites (tertiary alicyclic amines) is 1. The Balaban J connectivity index is 1.17. The molecule has 0 radical (unpaired) electrons. The molecule has 188 valence electrons. The highest BCUT2D eigenvalue weighted by Crippen LogP contribution is 2.30. The van der Waals surface area contributed by atoms with Crippen LogP contribution in [0.2, 0.25) is 0 Å². The van der Waals surface area contributed by atoms with Gasteiger partial charge in [0.25, 0.3) is 5.91 Å². The Morgan fingerprint density at radius 2 is 1.61 bits per heavy atom. The lowest BCUT2D eigenvalue weighted by atomic mass is 9.95. The third-order valence-electron chi connectivity index (χ3n) is 6.93. The van der Waals surface area contributed by atoms with E-state index in [1.54, 1.807) is 25.4 Å². The third kappa shape index (κ3) is 4.92. The van der Waals surface area contributed by atoms with Gasteiger partial charge in [0.1, 0.15) is 17.6 Å². The Kier molecular flexibility index (Phi) is 6.90. The first-order valence-corrected chi connectivity index (χ1v) is 12.1. The molecule has 1 atom stereocenters. The number of ether oxygens (including phenoxy) is 3. The predicted molar refractivity (Wildman–Crippen MR) is 133 cm³/mol. The number of rotatable bonds is 6. The Hall–Kier alpha value is -3.85. The highest BCUT2D eigenvalue weighted by atomic mass is 16.5. The summed E-state index contributed by atoms with van der Waals surface area (Å²) in [7, 11) is 3.25. The van der Waals surface area contributed by atoms with Crippen molar-refractivity contribution in [2.24, 2.45) is 5.92 Å². The zero-order chi connectivity index (χ0) is 25.1. The van der Waals surface area contributed by atoms with E-state index in [4.69, 9.17) is 14.2 Å². The molecule has 9 heteroatoms. The van der Waals surface area contributed by atoms with Crippen LogP contribution in [-0.2, 0) is 22.7 Å². The highest BCUT2D eigenvalue weighted by molar-refractivity contribution is 5.95. The van der Waals surface area contributed by atoms with Crippen molar-refractivity contribution in [1.29, 1.82) is 0 Å². The van der Waals surface area contributed by atoms with Crippen LogP contribution >= 0.6 is 0 Å². The number of hydrogen-bond donors (Lipinski definition) is 1. The number of methoxy groups -OCH3 is 2. The molecule has 3 heterocycles. The van der Waals surface area contributed by atoms with Crippen LogP contribution in [0.1, 0.15) is 40.7 Å². The van der Waals surface area contributed by atoms with Gasteiger partial charge in [-0.25, -0.2) is 4.98 Å². The Morgan fingerprint density at radius 1 is 0.972 bits per heavy atom. The minimum Gasteiger partial charge on any atom is -0.497 e. The second kappa shape index (κ2) is 10.4. The van der Waals surface area contributed by atoms with Crippen molar-refractivity contribution in [1.82, 2.24) is 14.5 Å². The van der Waals surface area contributed by atoms with E-state index in [1.807, 2.05) is 53.1 Å². The SMILES string of the molecule is COc1ccc(NC(=O)C2CCN(C(=O)c3ncn4c3CO[C@@H](c3ccc(OC)cc3)C4)CC2)cc1. The molecule has 2 aliphatic heterocycles. The van der Waals surface area contributed by atoms with Gasteiger partial charge in [-0.2, -0.15) is 0 Å². The number of piperidine rings is 1. The van der Waals surface area contributed by atoms with Crippen molar-refractivity contribution in [3.05, 3.63) is 71.8 Å². The van der Waals surface area contributed by atoms with Crippen LogP contribution in [-0.4, -0.2) is 53.6 Å². The zero-order valence-electron chi connectivity index (χ0n) is 20.5. The number of imidazole rings is 1. The fourth-order valence-corrected chi connectivity index (χ4v) is 4.74.